The summed E-state index contributed by atoms with van der Waals surface area (Å²) in [7, 11) is 0. The van der Waals surface area contributed by atoms with Crippen molar-refractivity contribution in [2.45, 2.75) is 24.9 Å². The second-order valence-electron chi connectivity index (χ2n) is 5.35. The van der Waals surface area contributed by atoms with E-state index in [4.69, 9.17) is 0 Å². The lowest BCUT2D eigenvalue weighted by Gasteiger charge is -2.31. The van der Waals surface area contributed by atoms with Crippen LogP contribution in [0.5, 0.6) is 0 Å². The predicted molar refractivity (Wildman–Crippen MR) is 73.9 cm³/mol. The fourth-order valence-corrected chi connectivity index (χ4v) is 2.61. The molecule has 0 atom stereocenters. The smallest absolute Gasteiger partial charge is 0.346 e. The van der Waals surface area contributed by atoms with Crippen LogP contribution in [0, 0.1) is 0 Å². The maximum absolute atomic E-state index is 12.0. The van der Waals surface area contributed by atoms with E-state index in [0.717, 1.165) is 25.9 Å². The number of carbonyl (C=O) groups excluding carboxylic acids is 1. The number of halogens is 3. The zero-order valence-electron chi connectivity index (χ0n) is 11.7. The van der Waals surface area contributed by atoms with Crippen LogP contribution >= 0.6 is 0 Å². The van der Waals surface area contributed by atoms with Gasteiger partial charge in [-0.15, -0.1) is 0 Å². The number of hydrogen-bond donors (Lipinski definition) is 1. The van der Waals surface area contributed by atoms with Gasteiger partial charge in [0.05, 0.1) is 6.54 Å². The molecule has 0 spiro atoms. The Bertz CT molecular complexity index is 454. The van der Waals surface area contributed by atoms with Gasteiger partial charge in [0, 0.05) is 0 Å². The summed E-state index contributed by atoms with van der Waals surface area (Å²) in [5.41, 5.74) is 1.29. The molecule has 6 heteroatoms. The van der Waals surface area contributed by atoms with Crippen LogP contribution in [0.1, 0.15) is 24.3 Å². The fraction of sp³-hybridized carbons (Fsp3) is 0.533. The molecule has 0 radical (unpaired) electrons. The van der Waals surface area contributed by atoms with Crippen LogP contribution in [0.15, 0.2) is 30.3 Å². The topological polar surface area (TPSA) is 32.3 Å². The highest BCUT2D eigenvalue weighted by molar-refractivity contribution is 5.78. The fourth-order valence-electron chi connectivity index (χ4n) is 2.61. The number of alkyl halides is 3. The number of amides is 1. The molecule has 21 heavy (non-hydrogen) atoms. The van der Waals surface area contributed by atoms with E-state index < -0.39 is 18.6 Å². The average molecular weight is 300 g/mol. The van der Waals surface area contributed by atoms with Crippen LogP contribution < -0.4 is 5.32 Å². The first kappa shape index (κ1) is 15.8. The van der Waals surface area contributed by atoms with E-state index in [2.05, 4.69) is 12.1 Å². The van der Waals surface area contributed by atoms with Crippen molar-refractivity contribution in [1.29, 1.82) is 0 Å². The third kappa shape index (κ3) is 5.38. The van der Waals surface area contributed by atoms with Crippen LogP contribution in [0.25, 0.3) is 0 Å². The molecular formula is C15H19F3N2O. The molecule has 1 amide bonds. The first-order valence-corrected chi connectivity index (χ1v) is 7.05. The maximum Gasteiger partial charge on any atom is 0.405 e. The third-order valence-corrected chi connectivity index (χ3v) is 3.71. The number of hydrogen-bond acceptors (Lipinski definition) is 2. The van der Waals surface area contributed by atoms with E-state index >= 15 is 0 Å². The zero-order valence-corrected chi connectivity index (χ0v) is 11.7. The first-order valence-electron chi connectivity index (χ1n) is 7.05. The molecule has 0 aromatic heterocycles. The molecule has 116 valence electrons. The monoisotopic (exact) mass is 300 g/mol. The number of carbonyl (C=O) groups is 1. The van der Waals surface area contributed by atoms with Gasteiger partial charge in [-0.3, -0.25) is 9.69 Å². The number of nitrogens with one attached hydrogen (secondary N) is 1. The van der Waals surface area contributed by atoms with Gasteiger partial charge in [0.2, 0.25) is 5.91 Å². The van der Waals surface area contributed by atoms with Gasteiger partial charge in [-0.25, -0.2) is 0 Å². The molecule has 1 N–H and O–H groups in total. The summed E-state index contributed by atoms with van der Waals surface area (Å²) >= 11 is 0. The van der Waals surface area contributed by atoms with E-state index in [1.165, 1.54) is 5.56 Å². The molecule has 3 nitrogen and oxygen atoms in total. The van der Waals surface area contributed by atoms with Crippen molar-refractivity contribution in [3.63, 3.8) is 0 Å². The Kier molecular flexibility index (Phi) is 5.22. The predicted octanol–water partition coefficient (Wildman–Crippen LogP) is 2.54. The van der Waals surface area contributed by atoms with Crippen molar-refractivity contribution >= 4 is 5.91 Å². The summed E-state index contributed by atoms with van der Waals surface area (Å²) in [5, 5.41) is 1.91. The highest BCUT2D eigenvalue weighted by Crippen LogP contribution is 2.27. The Morgan fingerprint density at radius 1 is 1.19 bits per heavy atom. The molecular weight excluding hydrogens is 281 g/mol. The van der Waals surface area contributed by atoms with E-state index in [1.807, 2.05) is 28.4 Å². The summed E-state index contributed by atoms with van der Waals surface area (Å²) in [6.07, 6.45) is -2.50. The molecule has 0 bridgehead atoms. The third-order valence-electron chi connectivity index (χ3n) is 3.71. The highest BCUT2D eigenvalue weighted by atomic mass is 19.4. The standard InChI is InChI=1S/C15H19F3N2O/c16-15(17,18)11-19-14(21)10-20-8-6-13(7-9-20)12-4-2-1-3-5-12/h1-5,13H,6-11H2,(H,19,21). The summed E-state index contributed by atoms with van der Waals surface area (Å²) in [6.45, 7) is 0.252. The van der Waals surface area contributed by atoms with Crippen molar-refractivity contribution in [2.75, 3.05) is 26.2 Å². The number of piperidine rings is 1. The summed E-state index contributed by atoms with van der Waals surface area (Å²) in [4.78, 5) is 13.4. The van der Waals surface area contributed by atoms with Crippen molar-refractivity contribution in [3.05, 3.63) is 35.9 Å². The molecule has 1 aliphatic heterocycles. The normalized spacial score (nSPS) is 17.7. The van der Waals surface area contributed by atoms with Gasteiger partial charge in [-0.1, -0.05) is 30.3 Å². The largest absolute Gasteiger partial charge is 0.405 e. The first-order chi connectivity index (χ1) is 9.94. The summed E-state index contributed by atoms with van der Waals surface area (Å²) in [6, 6.07) is 10.2. The Balaban J connectivity index is 1.73. The lowest BCUT2D eigenvalue weighted by atomic mass is 9.89. The van der Waals surface area contributed by atoms with Gasteiger partial charge in [-0.2, -0.15) is 13.2 Å². The Hall–Kier alpha value is -1.56. The van der Waals surface area contributed by atoms with Crippen LogP contribution in [0.4, 0.5) is 13.2 Å². The van der Waals surface area contributed by atoms with Crippen molar-refractivity contribution < 1.29 is 18.0 Å². The summed E-state index contributed by atoms with van der Waals surface area (Å²) < 4.78 is 36.0. The summed E-state index contributed by atoms with van der Waals surface area (Å²) in [5.74, 6) is -0.0915. The van der Waals surface area contributed by atoms with Gasteiger partial charge in [-0.05, 0) is 37.4 Å². The molecule has 1 aromatic carbocycles. The van der Waals surface area contributed by atoms with Gasteiger partial charge in [0.25, 0.3) is 0 Å². The molecule has 0 saturated carbocycles. The zero-order chi connectivity index (χ0) is 15.3. The number of nitrogens with zero attached hydrogens (tertiary/aromatic N) is 1. The molecule has 2 rings (SSSR count). The van der Waals surface area contributed by atoms with Crippen LogP contribution in [0.2, 0.25) is 0 Å². The minimum Gasteiger partial charge on any atom is -0.346 e. The second kappa shape index (κ2) is 6.93. The van der Waals surface area contributed by atoms with Gasteiger partial charge < -0.3 is 5.32 Å². The van der Waals surface area contributed by atoms with E-state index in [-0.39, 0.29) is 6.54 Å². The number of benzene rings is 1. The minimum absolute atomic E-state index is 0.0393. The van der Waals surface area contributed by atoms with Crippen LogP contribution in [-0.2, 0) is 4.79 Å². The molecule has 1 aromatic rings. The van der Waals surface area contributed by atoms with Crippen LogP contribution in [0.3, 0.4) is 0 Å². The van der Waals surface area contributed by atoms with E-state index in [1.54, 1.807) is 0 Å². The van der Waals surface area contributed by atoms with Gasteiger partial charge in [0.1, 0.15) is 6.54 Å². The number of likely N-dealkylation sites (tertiary alicyclic amines) is 1. The lowest BCUT2D eigenvalue weighted by Crippen LogP contribution is -2.43. The maximum atomic E-state index is 12.0. The van der Waals surface area contributed by atoms with Gasteiger partial charge in [0.15, 0.2) is 0 Å². The SMILES string of the molecule is O=C(CN1CCC(c2ccccc2)CC1)NCC(F)(F)F. The molecule has 0 aliphatic carbocycles. The van der Waals surface area contributed by atoms with Crippen molar-refractivity contribution in [1.82, 2.24) is 10.2 Å². The second-order valence-corrected chi connectivity index (χ2v) is 5.35. The highest BCUT2D eigenvalue weighted by Gasteiger charge is 2.28. The number of rotatable bonds is 4. The Morgan fingerprint density at radius 2 is 1.81 bits per heavy atom. The molecule has 1 fully saturated rings. The van der Waals surface area contributed by atoms with Crippen molar-refractivity contribution in [2.24, 2.45) is 0 Å². The Labute approximate surface area is 122 Å². The van der Waals surface area contributed by atoms with Gasteiger partial charge >= 0.3 is 6.18 Å². The van der Waals surface area contributed by atoms with E-state index in [9.17, 15) is 18.0 Å². The van der Waals surface area contributed by atoms with E-state index in [0.29, 0.717) is 5.92 Å². The van der Waals surface area contributed by atoms with Crippen molar-refractivity contribution in [3.8, 4) is 0 Å². The quantitative estimate of drug-likeness (QED) is 0.927. The lowest BCUT2D eigenvalue weighted by molar-refractivity contribution is -0.139. The minimum atomic E-state index is -4.35. The molecule has 1 heterocycles. The van der Waals surface area contributed by atoms with Crippen LogP contribution in [-0.4, -0.2) is 43.2 Å². The molecule has 1 aliphatic rings. The average Bonchev–Trinajstić information content (AvgIpc) is 2.46. The Morgan fingerprint density at radius 3 is 2.38 bits per heavy atom. The molecule has 0 unspecified atom stereocenters. The molecule has 1 saturated heterocycles.